The highest BCUT2D eigenvalue weighted by Gasteiger charge is 2.28. The van der Waals surface area contributed by atoms with Crippen LogP contribution in [0.3, 0.4) is 0 Å². The minimum absolute atomic E-state index is 0.0697. The van der Waals surface area contributed by atoms with Crippen LogP contribution in [-0.2, 0) is 11.3 Å². The van der Waals surface area contributed by atoms with E-state index in [-0.39, 0.29) is 12.1 Å². The van der Waals surface area contributed by atoms with Crippen molar-refractivity contribution >= 4 is 6.09 Å². The van der Waals surface area contributed by atoms with E-state index in [0.717, 1.165) is 24.7 Å². The highest BCUT2D eigenvalue weighted by atomic mass is 16.6. The zero-order chi connectivity index (χ0) is 19.4. The molecule has 2 saturated heterocycles. The molecule has 2 fully saturated rings. The van der Waals surface area contributed by atoms with Gasteiger partial charge in [0.2, 0.25) is 0 Å². The van der Waals surface area contributed by atoms with Crippen LogP contribution >= 0.6 is 0 Å². The van der Waals surface area contributed by atoms with Crippen LogP contribution in [0.2, 0.25) is 0 Å². The zero-order valence-corrected chi connectivity index (χ0v) is 17.3. The molecule has 3 rings (SSSR count). The number of hydrogen-bond acceptors (Lipinski definition) is 4. The summed E-state index contributed by atoms with van der Waals surface area (Å²) in [6.45, 7) is 13.5. The van der Waals surface area contributed by atoms with E-state index in [2.05, 4.69) is 39.4 Å². The minimum Gasteiger partial charge on any atom is -0.444 e. The van der Waals surface area contributed by atoms with Crippen molar-refractivity contribution < 1.29 is 9.53 Å². The van der Waals surface area contributed by atoms with E-state index < -0.39 is 5.60 Å². The van der Waals surface area contributed by atoms with Crippen molar-refractivity contribution in [1.82, 2.24) is 15.1 Å². The normalized spacial score (nSPS) is 22.7. The fraction of sp³-hybridized carbons (Fsp3) is 0.682. The summed E-state index contributed by atoms with van der Waals surface area (Å²) in [5.41, 5.74) is 1.96. The molecule has 2 aliphatic heterocycles. The van der Waals surface area contributed by atoms with Gasteiger partial charge >= 0.3 is 6.09 Å². The summed E-state index contributed by atoms with van der Waals surface area (Å²) < 4.78 is 5.34. The summed E-state index contributed by atoms with van der Waals surface area (Å²) in [7, 11) is 0. The third kappa shape index (κ3) is 5.94. The molecule has 1 aromatic carbocycles. The van der Waals surface area contributed by atoms with E-state index in [9.17, 15) is 4.79 Å². The number of carbonyl (C=O) groups is 1. The lowest BCUT2D eigenvalue weighted by atomic mass is 9.99. The van der Waals surface area contributed by atoms with Crippen LogP contribution in [0.25, 0.3) is 0 Å². The Balaban J connectivity index is 1.50. The van der Waals surface area contributed by atoms with Crippen LogP contribution in [0.5, 0.6) is 0 Å². The predicted molar refractivity (Wildman–Crippen MR) is 109 cm³/mol. The van der Waals surface area contributed by atoms with Crippen molar-refractivity contribution in [1.29, 1.82) is 0 Å². The van der Waals surface area contributed by atoms with Crippen molar-refractivity contribution in [3.8, 4) is 0 Å². The number of ether oxygens (including phenoxy) is 1. The van der Waals surface area contributed by atoms with Crippen molar-refractivity contribution in [3.05, 3.63) is 35.4 Å². The molecule has 0 unspecified atom stereocenters. The first-order chi connectivity index (χ1) is 12.8. The summed E-state index contributed by atoms with van der Waals surface area (Å²) in [6.07, 6.45) is 3.73. The number of benzene rings is 1. The van der Waals surface area contributed by atoms with Gasteiger partial charge in [0.25, 0.3) is 0 Å². The third-order valence-electron chi connectivity index (χ3n) is 5.54. The van der Waals surface area contributed by atoms with Crippen LogP contribution < -0.4 is 5.32 Å². The van der Waals surface area contributed by atoms with Crippen molar-refractivity contribution in [2.75, 3.05) is 26.2 Å². The number of carbonyl (C=O) groups excluding carboxylic acids is 1. The number of alkyl carbamates (subject to hydrolysis) is 1. The van der Waals surface area contributed by atoms with Gasteiger partial charge in [-0.05, 0) is 58.2 Å². The first kappa shape index (κ1) is 20.2. The summed E-state index contributed by atoms with van der Waals surface area (Å²) in [4.78, 5) is 17.2. The molecule has 27 heavy (non-hydrogen) atoms. The highest BCUT2D eigenvalue weighted by molar-refractivity contribution is 5.68. The lowest BCUT2D eigenvalue weighted by Gasteiger charge is -2.44. The number of hydrogen-bond donors (Lipinski definition) is 1. The van der Waals surface area contributed by atoms with Gasteiger partial charge < -0.3 is 10.1 Å². The molecule has 0 aromatic heterocycles. The van der Waals surface area contributed by atoms with E-state index in [1.807, 2.05) is 27.7 Å². The molecule has 1 aromatic rings. The van der Waals surface area contributed by atoms with Crippen LogP contribution in [0.4, 0.5) is 4.79 Å². The van der Waals surface area contributed by atoms with E-state index in [4.69, 9.17) is 4.74 Å². The number of nitrogens with one attached hydrogen (secondary N) is 1. The molecule has 2 atom stereocenters. The number of nitrogens with zero attached hydrogens (tertiary/aromatic N) is 2. The SMILES string of the molecule is C[C@H](NC(=O)OC(C)(C)C)c1ccc(CN2CCN3CCCC[C@@H]3C2)cc1. The first-order valence-electron chi connectivity index (χ1n) is 10.3. The molecule has 0 spiro atoms. The average Bonchev–Trinajstić information content (AvgIpc) is 2.60. The Kier molecular flexibility index (Phi) is 6.43. The fourth-order valence-corrected chi connectivity index (χ4v) is 4.10. The Morgan fingerprint density at radius 3 is 2.63 bits per heavy atom. The molecule has 150 valence electrons. The van der Waals surface area contributed by atoms with Gasteiger partial charge in [0.05, 0.1) is 6.04 Å². The summed E-state index contributed by atoms with van der Waals surface area (Å²) >= 11 is 0. The van der Waals surface area contributed by atoms with Crippen LogP contribution in [0.15, 0.2) is 24.3 Å². The number of fused-ring (bicyclic) bond motifs is 1. The van der Waals surface area contributed by atoms with Gasteiger partial charge in [-0.2, -0.15) is 0 Å². The van der Waals surface area contributed by atoms with E-state index in [0.29, 0.717) is 0 Å². The summed E-state index contributed by atoms with van der Waals surface area (Å²) in [6, 6.07) is 9.30. The number of piperazine rings is 1. The second kappa shape index (κ2) is 8.61. The smallest absolute Gasteiger partial charge is 0.408 e. The Labute approximate surface area is 164 Å². The largest absolute Gasteiger partial charge is 0.444 e. The molecule has 0 saturated carbocycles. The zero-order valence-electron chi connectivity index (χ0n) is 17.3. The molecule has 2 heterocycles. The third-order valence-corrected chi connectivity index (χ3v) is 5.54. The number of amides is 1. The van der Waals surface area contributed by atoms with Gasteiger partial charge in [-0.15, -0.1) is 0 Å². The van der Waals surface area contributed by atoms with Gasteiger partial charge in [0.1, 0.15) is 5.60 Å². The Hall–Kier alpha value is -1.59. The molecule has 0 aliphatic carbocycles. The minimum atomic E-state index is -0.476. The standard InChI is InChI=1S/C22H35N3O2/c1-17(23-21(26)27-22(2,3)4)19-10-8-18(9-11-19)15-24-13-14-25-12-6-5-7-20(25)16-24/h8-11,17,20H,5-7,12-16H2,1-4H3,(H,23,26)/t17-,20+/m0/s1. The molecule has 5 heteroatoms. The van der Waals surface area contributed by atoms with Gasteiger partial charge in [-0.25, -0.2) is 4.79 Å². The Morgan fingerprint density at radius 1 is 1.19 bits per heavy atom. The Morgan fingerprint density at radius 2 is 1.93 bits per heavy atom. The molecule has 2 aliphatic rings. The van der Waals surface area contributed by atoms with E-state index in [1.54, 1.807) is 0 Å². The van der Waals surface area contributed by atoms with E-state index in [1.165, 1.54) is 44.5 Å². The number of piperidine rings is 1. The lowest BCUT2D eigenvalue weighted by molar-refractivity contribution is 0.0457. The van der Waals surface area contributed by atoms with Crippen molar-refractivity contribution in [2.45, 2.75) is 71.2 Å². The molecule has 1 amide bonds. The van der Waals surface area contributed by atoms with Gasteiger partial charge in [0.15, 0.2) is 0 Å². The van der Waals surface area contributed by atoms with E-state index >= 15 is 0 Å². The molecule has 0 radical (unpaired) electrons. The predicted octanol–water partition coefficient (Wildman–Crippen LogP) is 3.94. The second-order valence-electron chi connectivity index (χ2n) is 9.03. The molecule has 0 bridgehead atoms. The molecule has 5 nitrogen and oxygen atoms in total. The maximum absolute atomic E-state index is 11.9. The summed E-state index contributed by atoms with van der Waals surface area (Å²) in [5.74, 6) is 0. The highest BCUT2D eigenvalue weighted by Crippen LogP contribution is 2.22. The van der Waals surface area contributed by atoms with Gasteiger partial charge in [0, 0.05) is 32.2 Å². The van der Waals surface area contributed by atoms with Crippen LogP contribution in [-0.4, -0.2) is 53.7 Å². The van der Waals surface area contributed by atoms with Crippen molar-refractivity contribution in [2.24, 2.45) is 0 Å². The average molecular weight is 374 g/mol. The van der Waals surface area contributed by atoms with Crippen LogP contribution in [0.1, 0.15) is 64.1 Å². The van der Waals surface area contributed by atoms with Crippen molar-refractivity contribution in [3.63, 3.8) is 0 Å². The Bertz CT molecular complexity index is 623. The van der Waals surface area contributed by atoms with Gasteiger partial charge in [-0.3, -0.25) is 9.80 Å². The van der Waals surface area contributed by atoms with Gasteiger partial charge in [-0.1, -0.05) is 30.7 Å². The summed E-state index contributed by atoms with van der Waals surface area (Å²) in [5, 5.41) is 2.91. The molecule has 1 N–H and O–H groups in total. The maximum Gasteiger partial charge on any atom is 0.408 e. The lowest BCUT2D eigenvalue weighted by Crippen LogP contribution is -2.54. The first-order valence-corrected chi connectivity index (χ1v) is 10.3. The fourth-order valence-electron chi connectivity index (χ4n) is 4.10. The maximum atomic E-state index is 11.9. The second-order valence-corrected chi connectivity index (χ2v) is 9.03. The number of rotatable bonds is 4. The topological polar surface area (TPSA) is 44.8 Å². The molecular formula is C22H35N3O2. The molecular weight excluding hydrogens is 338 g/mol. The quantitative estimate of drug-likeness (QED) is 0.868. The monoisotopic (exact) mass is 373 g/mol. The van der Waals surface area contributed by atoms with Crippen LogP contribution in [0, 0.1) is 0 Å².